The lowest BCUT2D eigenvalue weighted by Crippen LogP contribution is -2.50. The van der Waals surface area contributed by atoms with Crippen LogP contribution in [0.4, 0.5) is 0 Å². The second-order valence-corrected chi connectivity index (χ2v) is 5.55. The lowest BCUT2D eigenvalue weighted by atomic mass is 10.3. The summed E-state index contributed by atoms with van der Waals surface area (Å²) in [4.78, 5) is 11.1. The highest BCUT2D eigenvalue weighted by atomic mass is 127. The highest BCUT2D eigenvalue weighted by Gasteiger charge is 2.30. The van der Waals surface area contributed by atoms with Crippen LogP contribution in [-0.2, 0) is 19.4 Å². The zero-order chi connectivity index (χ0) is 9.90. The van der Waals surface area contributed by atoms with E-state index >= 15 is 0 Å². The Labute approximate surface area is 90.3 Å². The van der Waals surface area contributed by atoms with E-state index in [4.69, 9.17) is 4.74 Å². The Morgan fingerprint density at radius 3 is 2.85 bits per heavy atom. The van der Waals surface area contributed by atoms with Crippen LogP contribution in [0.15, 0.2) is 0 Å². The summed E-state index contributed by atoms with van der Waals surface area (Å²) >= 11 is 1.89. The molecule has 1 N–H and O–H groups in total. The zero-order valence-electron chi connectivity index (χ0n) is 6.82. The Hall–Kier alpha value is 0.110. The molecule has 1 unspecified atom stereocenters. The van der Waals surface area contributed by atoms with Crippen molar-refractivity contribution in [3.63, 3.8) is 0 Å². The highest BCUT2D eigenvalue weighted by molar-refractivity contribution is 14.1. The average Bonchev–Trinajstić information content (AvgIpc) is 2.03. The van der Waals surface area contributed by atoms with E-state index in [0.29, 0.717) is 6.54 Å². The first-order valence-corrected chi connectivity index (χ1v) is 7.06. The van der Waals surface area contributed by atoms with Gasteiger partial charge in [-0.3, -0.25) is 4.79 Å². The van der Waals surface area contributed by atoms with Gasteiger partial charge >= 0.3 is 5.97 Å². The molecule has 0 saturated carbocycles. The molecule has 0 spiro atoms. The van der Waals surface area contributed by atoms with E-state index in [1.54, 1.807) is 0 Å². The Kier molecular flexibility index (Phi) is 3.92. The van der Waals surface area contributed by atoms with Crippen LogP contribution in [0.2, 0.25) is 0 Å². The molecule has 0 amide bonds. The minimum atomic E-state index is -3.06. The van der Waals surface area contributed by atoms with Crippen molar-refractivity contribution in [3.8, 4) is 0 Å². The van der Waals surface area contributed by atoms with Crippen molar-refractivity contribution in [2.45, 2.75) is 6.04 Å². The molecule has 0 aromatic carbocycles. The van der Waals surface area contributed by atoms with Gasteiger partial charge in [0.2, 0.25) is 0 Å². The molecule has 0 aromatic heterocycles. The van der Waals surface area contributed by atoms with Crippen LogP contribution in [0, 0.1) is 0 Å². The molecule has 1 heterocycles. The van der Waals surface area contributed by atoms with Gasteiger partial charge in [-0.05, 0) is 22.6 Å². The Bertz CT molecular complexity index is 289. The van der Waals surface area contributed by atoms with E-state index in [1.165, 1.54) is 0 Å². The predicted molar refractivity (Wildman–Crippen MR) is 55.4 cm³/mol. The van der Waals surface area contributed by atoms with Gasteiger partial charge in [0.05, 0.1) is 11.5 Å². The van der Waals surface area contributed by atoms with Crippen LogP contribution in [0.3, 0.4) is 0 Å². The average molecular weight is 319 g/mol. The molecular formula is C6H10INO4S. The minimum absolute atomic E-state index is 0.0982. The predicted octanol–water partition coefficient (Wildman–Crippen LogP) is -0.691. The summed E-state index contributed by atoms with van der Waals surface area (Å²) in [5, 5.41) is 2.80. The van der Waals surface area contributed by atoms with Gasteiger partial charge in [-0.15, -0.1) is 0 Å². The number of esters is 1. The Morgan fingerprint density at radius 1 is 1.62 bits per heavy atom. The Balaban J connectivity index is 2.57. The highest BCUT2D eigenvalue weighted by Crippen LogP contribution is 2.03. The topological polar surface area (TPSA) is 72.5 Å². The van der Waals surface area contributed by atoms with E-state index in [-0.39, 0.29) is 16.1 Å². The molecule has 13 heavy (non-hydrogen) atoms. The third-order valence-corrected chi connectivity index (χ3v) is 3.68. The molecule has 1 aliphatic rings. The largest absolute Gasteiger partial charge is 0.454 e. The SMILES string of the molecule is O=C(OCI)C1CS(=O)(=O)CCN1. The normalized spacial score (nSPS) is 26.7. The quantitative estimate of drug-likeness (QED) is 0.414. The van der Waals surface area contributed by atoms with Gasteiger partial charge in [0.25, 0.3) is 0 Å². The summed E-state index contributed by atoms with van der Waals surface area (Å²) in [5.74, 6) is -0.540. The molecule has 0 aliphatic carbocycles. The first-order valence-electron chi connectivity index (χ1n) is 3.71. The number of rotatable bonds is 2. The van der Waals surface area contributed by atoms with Crippen molar-refractivity contribution in [3.05, 3.63) is 0 Å². The second-order valence-electron chi connectivity index (χ2n) is 2.69. The van der Waals surface area contributed by atoms with E-state index in [0.717, 1.165) is 0 Å². The zero-order valence-corrected chi connectivity index (χ0v) is 9.80. The van der Waals surface area contributed by atoms with Crippen molar-refractivity contribution >= 4 is 38.4 Å². The molecule has 1 saturated heterocycles. The number of alkyl halides is 1. The third kappa shape index (κ3) is 3.39. The molecule has 76 valence electrons. The molecule has 5 nitrogen and oxygen atoms in total. The lowest BCUT2D eigenvalue weighted by molar-refractivity contribution is -0.142. The number of carbonyl (C=O) groups excluding carboxylic acids is 1. The van der Waals surface area contributed by atoms with Gasteiger partial charge in [-0.25, -0.2) is 8.42 Å². The first-order chi connectivity index (χ1) is 6.05. The van der Waals surface area contributed by atoms with Gasteiger partial charge in [0.15, 0.2) is 9.84 Å². The summed E-state index contributed by atoms with van der Waals surface area (Å²) in [6.07, 6.45) is 0. The van der Waals surface area contributed by atoms with E-state index < -0.39 is 21.8 Å². The van der Waals surface area contributed by atoms with Crippen LogP contribution >= 0.6 is 22.6 Å². The second kappa shape index (κ2) is 4.56. The number of sulfone groups is 1. The molecule has 0 bridgehead atoms. The minimum Gasteiger partial charge on any atom is -0.454 e. The molecule has 1 atom stereocenters. The standard InChI is InChI=1S/C6H10INO4S/c7-4-12-6(9)5-3-13(10,11)2-1-8-5/h5,8H,1-4H2. The van der Waals surface area contributed by atoms with Crippen molar-refractivity contribution in [1.29, 1.82) is 0 Å². The first kappa shape index (κ1) is 11.2. The number of halogens is 1. The number of ether oxygens (including phenoxy) is 1. The maximum absolute atomic E-state index is 11.1. The van der Waals surface area contributed by atoms with Gasteiger partial charge in [0, 0.05) is 6.54 Å². The maximum atomic E-state index is 11.1. The molecular weight excluding hydrogens is 309 g/mol. The van der Waals surface area contributed by atoms with Gasteiger partial charge in [0.1, 0.15) is 10.7 Å². The summed E-state index contributed by atoms with van der Waals surface area (Å²) in [7, 11) is -3.06. The number of hydrogen-bond donors (Lipinski definition) is 1. The van der Waals surface area contributed by atoms with Crippen LogP contribution in [0.1, 0.15) is 0 Å². The van der Waals surface area contributed by atoms with E-state index in [2.05, 4.69) is 5.32 Å². The van der Waals surface area contributed by atoms with Crippen molar-refractivity contribution in [2.75, 3.05) is 22.7 Å². The summed E-state index contributed by atoms with van der Waals surface area (Å²) in [5.41, 5.74) is 0. The van der Waals surface area contributed by atoms with Crippen LogP contribution < -0.4 is 5.32 Å². The fourth-order valence-corrected chi connectivity index (χ4v) is 2.75. The maximum Gasteiger partial charge on any atom is 0.324 e. The monoisotopic (exact) mass is 319 g/mol. The van der Waals surface area contributed by atoms with Crippen molar-refractivity contribution in [2.24, 2.45) is 0 Å². The smallest absolute Gasteiger partial charge is 0.324 e. The summed E-state index contributed by atoms with van der Waals surface area (Å²) < 4.78 is 27.2. The molecule has 1 aliphatic heterocycles. The van der Waals surface area contributed by atoms with Gasteiger partial charge in [-0.2, -0.15) is 0 Å². The van der Waals surface area contributed by atoms with Crippen molar-refractivity contribution in [1.82, 2.24) is 5.32 Å². The molecule has 0 aromatic rings. The summed E-state index contributed by atoms with van der Waals surface area (Å²) in [6.45, 7) is 0.323. The third-order valence-electron chi connectivity index (χ3n) is 1.71. The van der Waals surface area contributed by atoms with Gasteiger partial charge in [-0.1, -0.05) is 0 Å². The molecule has 1 fully saturated rings. The van der Waals surface area contributed by atoms with Gasteiger partial charge < -0.3 is 10.1 Å². The fraction of sp³-hybridized carbons (Fsp3) is 0.833. The number of nitrogens with one attached hydrogen (secondary N) is 1. The fourth-order valence-electron chi connectivity index (χ4n) is 1.09. The van der Waals surface area contributed by atoms with Crippen molar-refractivity contribution < 1.29 is 17.9 Å². The Morgan fingerprint density at radius 2 is 2.31 bits per heavy atom. The van der Waals surface area contributed by atoms with E-state index in [9.17, 15) is 13.2 Å². The van der Waals surface area contributed by atoms with Crippen LogP contribution in [-0.4, -0.2) is 43.1 Å². The molecule has 0 radical (unpaired) electrons. The van der Waals surface area contributed by atoms with Crippen LogP contribution in [0.5, 0.6) is 0 Å². The molecule has 1 rings (SSSR count). The molecule has 7 heteroatoms. The summed E-state index contributed by atoms with van der Waals surface area (Å²) in [6, 6.07) is -0.687. The number of carbonyl (C=O) groups is 1. The van der Waals surface area contributed by atoms with Crippen LogP contribution in [0.25, 0.3) is 0 Å². The number of hydrogen-bond acceptors (Lipinski definition) is 5. The lowest BCUT2D eigenvalue weighted by Gasteiger charge is -2.21. The van der Waals surface area contributed by atoms with E-state index in [1.807, 2.05) is 22.6 Å².